The van der Waals surface area contributed by atoms with Gasteiger partial charge in [0.05, 0.1) is 31.1 Å². The molecule has 0 N–H and O–H groups in total. The number of hydrogen-bond acceptors (Lipinski definition) is 6. The van der Waals surface area contributed by atoms with E-state index >= 15 is 0 Å². The monoisotopic (exact) mass is 403 g/mol. The first kappa shape index (κ1) is 21.5. The molecule has 0 radical (unpaired) electrons. The van der Waals surface area contributed by atoms with E-state index in [0.717, 1.165) is 34.8 Å². The number of hydrogen-bond donors (Lipinski definition) is 0. The Hall–Kier alpha value is -2.19. The molecule has 3 heterocycles. The fourth-order valence-electron chi connectivity index (χ4n) is 3.74. The van der Waals surface area contributed by atoms with E-state index in [-0.39, 0.29) is 12.0 Å². The molecule has 0 unspecified atom stereocenters. The number of ether oxygens (including phenoxy) is 1. The first-order valence-corrected chi connectivity index (χ1v) is 10.3. The Kier molecular flexibility index (Phi) is 6.74. The van der Waals surface area contributed by atoms with E-state index in [1.807, 2.05) is 36.7 Å². The van der Waals surface area contributed by atoms with Crippen molar-refractivity contribution < 1.29 is 14.1 Å². The Labute approximate surface area is 172 Å². The van der Waals surface area contributed by atoms with Gasteiger partial charge in [-0.05, 0) is 26.7 Å². The van der Waals surface area contributed by atoms with Gasteiger partial charge in [-0.2, -0.15) is 5.10 Å². The lowest BCUT2D eigenvalue weighted by atomic mass is 10.2. The smallest absolute Gasteiger partial charge is 0.236 e. The maximum Gasteiger partial charge on any atom is 0.236 e. The molecule has 0 aromatic carbocycles. The number of carbonyl (C=O) groups is 1. The third-order valence-electron chi connectivity index (χ3n) is 5.56. The number of carbonyl (C=O) groups excluding carboxylic acids is 1. The van der Waals surface area contributed by atoms with Gasteiger partial charge < -0.3 is 14.2 Å². The van der Waals surface area contributed by atoms with Crippen LogP contribution in [0.4, 0.5) is 0 Å². The first-order valence-electron chi connectivity index (χ1n) is 10.3. The third kappa shape index (κ3) is 5.25. The summed E-state index contributed by atoms with van der Waals surface area (Å²) in [4.78, 5) is 17.0. The fraction of sp³-hybridized carbons (Fsp3) is 0.667. The first-order chi connectivity index (χ1) is 13.7. The van der Waals surface area contributed by atoms with E-state index in [2.05, 4.69) is 35.9 Å². The Morgan fingerprint density at radius 2 is 2.03 bits per heavy atom. The van der Waals surface area contributed by atoms with Crippen molar-refractivity contribution in [2.24, 2.45) is 13.0 Å². The van der Waals surface area contributed by atoms with Crippen molar-refractivity contribution in [1.82, 2.24) is 24.7 Å². The lowest BCUT2D eigenvalue weighted by Crippen LogP contribution is -2.40. The van der Waals surface area contributed by atoms with Gasteiger partial charge in [0.2, 0.25) is 5.91 Å². The lowest BCUT2D eigenvalue weighted by Gasteiger charge is -2.26. The van der Waals surface area contributed by atoms with Gasteiger partial charge in [0.15, 0.2) is 0 Å². The fourth-order valence-corrected chi connectivity index (χ4v) is 3.74. The van der Waals surface area contributed by atoms with Crippen LogP contribution in [0, 0.1) is 26.7 Å². The highest BCUT2D eigenvalue weighted by atomic mass is 16.5. The summed E-state index contributed by atoms with van der Waals surface area (Å²) in [5.74, 6) is 1.35. The molecule has 0 spiro atoms. The predicted octanol–water partition coefficient (Wildman–Crippen LogP) is 2.22. The zero-order valence-electron chi connectivity index (χ0n) is 18.4. The topological polar surface area (TPSA) is 76.6 Å². The average Bonchev–Trinajstić information content (AvgIpc) is 3.08. The minimum absolute atomic E-state index is 0.0779. The van der Waals surface area contributed by atoms with Crippen LogP contribution in [0.1, 0.15) is 42.1 Å². The number of aromatic nitrogens is 3. The maximum atomic E-state index is 12.9. The molecule has 1 saturated heterocycles. The Bertz CT molecular complexity index is 822. The molecular formula is C21H33N5O3. The van der Waals surface area contributed by atoms with Gasteiger partial charge in [-0.1, -0.05) is 19.0 Å². The molecule has 2 aromatic heterocycles. The van der Waals surface area contributed by atoms with Gasteiger partial charge >= 0.3 is 0 Å². The summed E-state index contributed by atoms with van der Waals surface area (Å²) in [6, 6.07) is 0. The summed E-state index contributed by atoms with van der Waals surface area (Å²) in [6.45, 7) is 13.7. The summed E-state index contributed by atoms with van der Waals surface area (Å²) in [5.41, 5.74) is 4.11. The normalized spacial score (nSPS) is 18.7. The maximum absolute atomic E-state index is 12.9. The number of nitrogens with zero attached hydrogens (tertiary/aromatic N) is 5. The molecule has 1 amide bonds. The van der Waals surface area contributed by atoms with Crippen LogP contribution in [-0.4, -0.2) is 62.9 Å². The molecule has 1 atom stereocenters. The third-order valence-corrected chi connectivity index (χ3v) is 5.56. The van der Waals surface area contributed by atoms with Crippen molar-refractivity contribution in [3.8, 4) is 0 Å². The van der Waals surface area contributed by atoms with E-state index in [1.165, 1.54) is 0 Å². The van der Waals surface area contributed by atoms with Crippen LogP contribution in [0.5, 0.6) is 0 Å². The molecule has 1 fully saturated rings. The van der Waals surface area contributed by atoms with Gasteiger partial charge in [-0.3, -0.25) is 14.4 Å². The average molecular weight is 404 g/mol. The second-order valence-electron chi connectivity index (χ2n) is 8.48. The second-order valence-corrected chi connectivity index (χ2v) is 8.48. The highest BCUT2D eigenvalue weighted by Gasteiger charge is 2.29. The van der Waals surface area contributed by atoms with Crippen molar-refractivity contribution in [2.75, 3.05) is 26.2 Å². The van der Waals surface area contributed by atoms with Crippen LogP contribution >= 0.6 is 0 Å². The molecule has 0 bridgehead atoms. The number of rotatable bonds is 7. The standard InChI is InChI=1S/C21H33N5O3/c1-14(2)8-26-11-19(28-13-20-15(3)23-29-17(20)5)10-25(12-21(26)27)9-18-7-22-24(6)16(18)4/h7,14,19H,8-13H2,1-6H3/t19-/m1/s1. The van der Waals surface area contributed by atoms with E-state index < -0.39 is 0 Å². The van der Waals surface area contributed by atoms with E-state index in [9.17, 15) is 4.79 Å². The minimum atomic E-state index is -0.0779. The largest absolute Gasteiger partial charge is 0.370 e. The molecule has 160 valence electrons. The molecule has 3 rings (SSSR count). The molecule has 8 nitrogen and oxygen atoms in total. The van der Waals surface area contributed by atoms with E-state index in [0.29, 0.717) is 38.7 Å². The second kappa shape index (κ2) is 9.09. The summed E-state index contributed by atoms with van der Waals surface area (Å²) < 4.78 is 13.4. The van der Waals surface area contributed by atoms with Gasteiger partial charge in [0.25, 0.3) is 0 Å². The molecule has 1 aliphatic rings. The van der Waals surface area contributed by atoms with Gasteiger partial charge in [-0.25, -0.2) is 0 Å². The highest BCUT2D eigenvalue weighted by molar-refractivity contribution is 5.78. The SMILES string of the molecule is Cc1noc(C)c1CO[C@@H]1CN(Cc2cnn(C)c2C)CC(=O)N(CC(C)C)C1. The molecular weight excluding hydrogens is 370 g/mol. The van der Waals surface area contributed by atoms with Gasteiger partial charge in [0.1, 0.15) is 5.76 Å². The predicted molar refractivity (Wildman–Crippen MR) is 109 cm³/mol. The minimum Gasteiger partial charge on any atom is -0.370 e. The molecule has 2 aromatic rings. The molecule has 8 heteroatoms. The number of amides is 1. The Morgan fingerprint density at radius 3 is 2.62 bits per heavy atom. The van der Waals surface area contributed by atoms with Crippen molar-refractivity contribution in [2.45, 2.75) is 53.9 Å². The van der Waals surface area contributed by atoms with Gasteiger partial charge in [0, 0.05) is 50.0 Å². The van der Waals surface area contributed by atoms with Crippen molar-refractivity contribution in [3.63, 3.8) is 0 Å². The van der Waals surface area contributed by atoms with Crippen LogP contribution in [0.25, 0.3) is 0 Å². The van der Waals surface area contributed by atoms with Crippen LogP contribution < -0.4 is 0 Å². The number of aryl methyl sites for hydroxylation is 3. The quantitative estimate of drug-likeness (QED) is 0.706. The van der Waals surface area contributed by atoms with E-state index in [4.69, 9.17) is 9.26 Å². The van der Waals surface area contributed by atoms with Crippen LogP contribution in [0.3, 0.4) is 0 Å². The Balaban J connectivity index is 1.74. The molecule has 1 aliphatic heterocycles. The zero-order chi connectivity index (χ0) is 21.1. The summed E-state index contributed by atoms with van der Waals surface area (Å²) in [5, 5.41) is 8.34. The molecule has 0 aliphatic carbocycles. The summed E-state index contributed by atoms with van der Waals surface area (Å²) >= 11 is 0. The van der Waals surface area contributed by atoms with Crippen molar-refractivity contribution in [1.29, 1.82) is 0 Å². The lowest BCUT2D eigenvalue weighted by molar-refractivity contribution is -0.132. The molecule has 0 saturated carbocycles. The van der Waals surface area contributed by atoms with Crippen LogP contribution in [0.15, 0.2) is 10.7 Å². The van der Waals surface area contributed by atoms with Crippen molar-refractivity contribution >= 4 is 5.91 Å². The highest BCUT2D eigenvalue weighted by Crippen LogP contribution is 2.18. The Morgan fingerprint density at radius 1 is 1.28 bits per heavy atom. The van der Waals surface area contributed by atoms with Crippen LogP contribution in [-0.2, 0) is 29.7 Å². The molecule has 29 heavy (non-hydrogen) atoms. The summed E-state index contributed by atoms with van der Waals surface area (Å²) in [7, 11) is 1.94. The van der Waals surface area contributed by atoms with E-state index in [1.54, 1.807) is 0 Å². The van der Waals surface area contributed by atoms with Crippen molar-refractivity contribution in [3.05, 3.63) is 34.5 Å². The summed E-state index contributed by atoms with van der Waals surface area (Å²) in [6.07, 6.45) is 1.81. The van der Waals surface area contributed by atoms with Crippen LogP contribution in [0.2, 0.25) is 0 Å². The zero-order valence-corrected chi connectivity index (χ0v) is 18.4. The van der Waals surface area contributed by atoms with Gasteiger partial charge in [-0.15, -0.1) is 0 Å².